The zero-order valence-electron chi connectivity index (χ0n) is 12.3. The van der Waals surface area contributed by atoms with Gasteiger partial charge in [0.25, 0.3) is 0 Å². The molecule has 4 heteroatoms. The lowest BCUT2D eigenvalue weighted by Crippen LogP contribution is -2.40. The van der Waals surface area contributed by atoms with Crippen molar-refractivity contribution >= 4 is 0 Å². The van der Waals surface area contributed by atoms with Gasteiger partial charge in [0, 0.05) is 11.8 Å². The van der Waals surface area contributed by atoms with E-state index in [1.54, 1.807) is 7.11 Å². The van der Waals surface area contributed by atoms with E-state index < -0.39 is 0 Å². The maximum atomic E-state index is 5.77. The summed E-state index contributed by atoms with van der Waals surface area (Å²) in [5.74, 6) is 1.56. The third-order valence-electron chi connectivity index (χ3n) is 3.92. The summed E-state index contributed by atoms with van der Waals surface area (Å²) >= 11 is 0. The van der Waals surface area contributed by atoms with Crippen LogP contribution in [-0.4, -0.2) is 33.0 Å². The first kappa shape index (κ1) is 13.7. The van der Waals surface area contributed by atoms with Crippen molar-refractivity contribution in [3.05, 3.63) is 23.8 Å². The molecule has 0 aromatic heterocycles. The monoisotopic (exact) mass is 278 g/mol. The molecule has 2 heterocycles. The summed E-state index contributed by atoms with van der Waals surface area (Å²) in [4.78, 5) is 0. The summed E-state index contributed by atoms with van der Waals surface area (Å²) < 4.78 is 22.1. The van der Waals surface area contributed by atoms with Crippen LogP contribution >= 0.6 is 0 Å². The third-order valence-corrected chi connectivity index (χ3v) is 3.92. The zero-order chi connectivity index (χ0) is 14.2. The van der Waals surface area contributed by atoms with Crippen molar-refractivity contribution in [2.24, 2.45) is 5.41 Å². The lowest BCUT2D eigenvalue weighted by atomic mass is 9.79. The van der Waals surface area contributed by atoms with Crippen molar-refractivity contribution in [1.82, 2.24) is 0 Å². The average Bonchev–Trinajstić information content (AvgIpc) is 3.23. The fraction of sp³-hybridized carbons (Fsp3) is 0.625. The summed E-state index contributed by atoms with van der Waals surface area (Å²) in [5, 5.41) is 0. The predicted molar refractivity (Wildman–Crippen MR) is 75.3 cm³/mol. The van der Waals surface area contributed by atoms with Crippen LogP contribution in [0.4, 0.5) is 0 Å². The highest BCUT2D eigenvalue weighted by Gasteiger charge is 2.41. The van der Waals surface area contributed by atoms with Crippen LogP contribution in [0.15, 0.2) is 18.2 Å². The van der Waals surface area contributed by atoms with E-state index in [9.17, 15) is 0 Å². The molecule has 3 rings (SSSR count). The number of methoxy groups -OCH3 is 1. The van der Waals surface area contributed by atoms with E-state index in [0.29, 0.717) is 12.7 Å². The minimum Gasteiger partial charge on any atom is -0.493 e. The Hall–Kier alpha value is -1.26. The highest BCUT2D eigenvalue weighted by atomic mass is 16.6. The Labute approximate surface area is 120 Å². The van der Waals surface area contributed by atoms with Gasteiger partial charge in [0.05, 0.1) is 39.1 Å². The van der Waals surface area contributed by atoms with Gasteiger partial charge < -0.3 is 18.9 Å². The molecule has 1 aromatic rings. The van der Waals surface area contributed by atoms with E-state index >= 15 is 0 Å². The molecule has 2 saturated heterocycles. The summed E-state index contributed by atoms with van der Waals surface area (Å²) in [5.41, 5.74) is 1.34. The lowest BCUT2D eigenvalue weighted by molar-refractivity contribution is -0.172. The Balaban J connectivity index is 1.68. The molecule has 0 aliphatic carbocycles. The molecular formula is C16H22O4. The van der Waals surface area contributed by atoms with Crippen LogP contribution in [0.2, 0.25) is 0 Å². The summed E-state index contributed by atoms with van der Waals surface area (Å²) in [6, 6.07) is 6.06. The number of hydrogen-bond donors (Lipinski definition) is 0. The minimum absolute atomic E-state index is 0.144. The first-order valence-corrected chi connectivity index (χ1v) is 7.14. The first-order valence-electron chi connectivity index (χ1n) is 7.14. The van der Waals surface area contributed by atoms with Crippen LogP contribution in [0, 0.1) is 5.41 Å². The van der Waals surface area contributed by atoms with Crippen LogP contribution < -0.4 is 9.47 Å². The van der Waals surface area contributed by atoms with Crippen molar-refractivity contribution in [3.8, 4) is 11.5 Å². The van der Waals surface area contributed by atoms with Crippen LogP contribution in [0.25, 0.3) is 0 Å². The molecule has 0 amide bonds. The molecule has 2 fully saturated rings. The number of rotatable bonds is 6. The fourth-order valence-electron chi connectivity index (χ4n) is 2.55. The predicted octanol–water partition coefficient (Wildman–Crippen LogP) is 2.96. The van der Waals surface area contributed by atoms with E-state index in [1.165, 1.54) is 0 Å². The summed E-state index contributed by atoms with van der Waals surface area (Å²) in [6.45, 7) is 6.76. The van der Waals surface area contributed by atoms with Crippen molar-refractivity contribution in [2.75, 3.05) is 26.9 Å². The Kier molecular flexibility index (Phi) is 3.61. The topological polar surface area (TPSA) is 40.2 Å². The smallest absolute Gasteiger partial charge is 0.161 e. The number of ether oxygens (including phenoxy) is 4. The van der Waals surface area contributed by atoms with Crippen molar-refractivity contribution in [1.29, 1.82) is 0 Å². The molecule has 0 spiro atoms. The van der Waals surface area contributed by atoms with Crippen molar-refractivity contribution in [2.45, 2.75) is 32.5 Å². The van der Waals surface area contributed by atoms with Gasteiger partial charge in [-0.05, 0) is 17.7 Å². The second-order valence-electron chi connectivity index (χ2n) is 6.18. The molecule has 0 N–H and O–H groups in total. The van der Waals surface area contributed by atoms with E-state index in [0.717, 1.165) is 36.7 Å². The summed E-state index contributed by atoms with van der Waals surface area (Å²) in [6.07, 6.45) is 1.47. The van der Waals surface area contributed by atoms with E-state index in [4.69, 9.17) is 18.9 Å². The molecule has 2 unspecified atom stereocenters. The number of epoxide rings is 1. The average molecular weight is 278 g/mol. The number of hydrogen-bond acceptors (Lipinski definition) is 4. The van der Waals surface area contributed by atoms with Crippen LogP contribution in [0.5, 0.6) is 11.5 Å². The Morgan fingerprint density at radius 1 is 1.25 bits per heavy atom. The van der Waals surface area contributed by atoms with Gasteiger partial charge in [-0.2, -0.15) is 0 Å². The van der Waals surface area contributed by atoms with Gasteiger partial charge >= 0.3 is 0 Å². The van der Waals surface area contributed by atoms with Gasteiger partial charge in [-0.15, -0.1) is 0 Å². The number of benzene rings is 1. The Morgan fingerprint density at radius 2 is 2.05 bits per heavy atom. The lowest BCUT2D eigenvalue weighted by Gasteiger charge is -2.44. The summed E-state index contributed by atoms with van der Waals surface area (Å²) in [7, 11) is 1.67. The van der Waals surface area contributed by atoms with Crippen LogP contribution in [0.1, 0.15) is 31.9 Å². The minimum atomic E-state index is 0.144. The molecule has 20 heavy (non-hydrogen) atoms. The molecule has 1 aromatic carbocycles. The Bertz CT molecular complexity index is 479. The SMILES string of the molecule is COc1cc(C2OCC2(C)C)ccc1OCCC1CO1. The van der Waals surface area contributed by atoms with Gasteiger partial charge in [-0.3, -0.25) is 0 Å². The quantitative estimate of drug-likeness (QED) is 0.750. The normalized spacial score (nSPS) is 26.8. The molecule has 0 bridgehead atoms. The maximum Gasteiger partial charge on any atom is 0.161 e. The molecule has 2 atom stereocenters. The van der Waals surface area contributed by atoms with E-state index in [-0.39, 0.29) is 11.5 Å². The van der Waals surface area contributed by atoms with Crippen LogP contribution in [-0.2, 0) is 9.47 Å². The zero-order valence-corrected chi connectivity index (χ0v) is 12.3. The van der Waals surface area contributed by atoms with Crippen molar-refractivity contribution in [3.63, 3.8) is 0 Å². The molecule has 2 aliphatic rings. The standard InChI is InChI=1S/C16H22O4/c1-16(2)10-20-15(16)11-4-5-13(14(8-11)17-3)18-7-6-12-9-19-12/h4-5,8,12,15H,6-7,9-10H2,1-3H3. The van der Waals surface area contributed by atoms with Gasteiger partial charge in [-0.25, -0.2) is 0 Å². The van der Waals surface area contributed by atoms with E-state index in [2.05, 4.69) is 19.9 Å². The van der Waals surface area contributed by atoms with Gasteiger partial charge in [0.1, 0.15) is 0 Å². The molecule has 0 saturated carbocycles. The van der Waals surface area contributed by atoms with Gasteiger partial charge in [0.15, 0.2) is 11.5 Å². The second-order valence-corrected chi connectivity index (χ2v) is 6.18. The highest BCUT2D eigenvalue weighted by Crippen LogP contribution is 2.47. The highest BCUT2D eigenvalue weighted by molar-refractivity contribution is 5.44. The molecule has 2 aliphatic heterocycles. The largest absolute Gasteiger partial charge is 0.493 e. The van der Waals surface area contributed by atoms with Crippen LogP contribution in [0.3, 0.4) is 0 Å². The first-order chi connectivity index (χ1) is 9.60. The van der Waals surface area contributed by atoms with Gasteiger partial charge in [-0.1, -0.05) is 19.9 Å². The molecule has 0 radical (unpaired) electrons. The fourth-order valence-corrected chi connectivity index (χ4v) is 2.55. The third kappa shape index (κ3) is 2.76. The van der Waals surface area contributed by atoms with E-state index in [1.807, 2.05) is 12.1 Å². The molecule has 110 valence electrons. The van der Waals surface area contributed by atoms with Gasteiger partial charge in [0.2, 0.25) is 0 Å². The second kappa shape index (κ2) is 5.26. The Morgan fingerprint density at radius 3 is 2.60 bits per heavy atom. The molecular weight excluding hydrogens is 256 g/mol. The maximum absolute atomic E-state index is 5.77. The van der Waals surface area contributed by atoms with Crippen molar-refractivity contribution < 1.29 is 18.9 Å². The molecule has 4 nitrogen and oxygen atoms in total.